The van der Waals surface area contributed by atoms with Gasteiger partial charge in [-0.15, -0.1) is 6.58 Å². The maximum Gasteiger partial charge on any atom is 0.231 e. The highest BCUT2D eigenvalue weighted by Gasteiger charge is 1.15. The quantitative estimate of drug-likeness (QED) is 0.266. The maximum absolute atomic E-state index is 8.35. The Kier molecular flexibility index (Phi) is 456. The van der Waals surface area contributed by atoms with Crippen LogP contribution in [0.3, 0.4) is 0 Å². The molecule has 15 heavy (non-hydrogen) atoms. The molecule has 0 saturated carbocycles. The molecule has 0 aliphatic carbocycles. The highest BCUT2D eigenvalue weighted by atomic mass is 16.1. The van der Waals surface area contributed by atoms with Gasteiger partial charge in [0.25, 0.3) is 0 Å². The minimum Gasteiger partial charge on any atom is -0.222 e. The highest BCUT2D eigenvalue weighted by Crippen LogP contribution is 1.38. The fourth-order valence-electron chi connectivity index (χ4n) is 0. The van der Waals surface area contributed by atoms with Crippen molar-refractivity contribution < 1.29 is 19.2 Å². The van der Waals surface area contributed by atoms with Crippen LogP contribution in [0.1, 0.15) is 6.92 Å². The van der Waals surface area contributed by atoms with Gasteiger partial charge in [0.15, 0.2) is 0 Å². The third kappa shape index (κ3) is 129. The van der Waals surface area contributed by atoms with Crippen molar-refractivity contribution in [2.45, 2.75) is 6.92 Å². The van der Waals surface area contributed by atoms with Crippen LogP contribution < -0.4 is 0 Å². The van der Waals surface area contributed by atoms with E-state index in [-0.39, 0.29) is 0 Å². The van der Waals surface area contributed by atoms with E-state index in [0.29, 0.717) is 0 Å². The summed E-state index contributed by atoms with van der Waals surface area (Å²) < 4.78 is 0. The Hall–Kier alpha value is -2.74. The van der Waals surface area contributed by atoms with E-state index in [1.54, 1.807) is 6.08 Å². The molecule has 0 bridgehead atoms. The van der Waals surface area contributed by atoms with Gasteiger partial charge in [-0.05, 0) is 6.92 Å². The topological polar surface area (TPSA) is 164 Å². The molecule has 0 fully saturated rings. The molecule has 0 atom stereocenters. The number of hydrogen-bond donors (Lipinski definition) is 4. The molecule has 0 aliphatic heterocycles. The molecule has 0 aromatic rings. The Bertz CT molecular complexity index is 190. The van der Waals surface area contributed by atoms with E-state index in [1.165, 1.54) is 0 Å². The van der Waals surface area contributed by atoms with Crippen molar-refractivity contribution in [1.29, 1.82) is 21.6 Å². The summed E-state index contributed by atoms with van der Waals surface area (Å²) in [4.78, 5) is 33.4. The lowest BCUT2D eigenvalue weighted by atomic mass is 10.8. The van der Waals surface area contributed by atoms with Crippen molar-refractivity contribution in [3.63, 3.8) is 0 Å². The second-order valence-electron chi connectivity index (χ2n) is 0.816. The van der Waals surface area contributed by atoms with E-state index >= 15 is 0 Å². The largest absolute Gasteiger partial charge is 0.231 e. The van der Waals surface area contributed by atoms with Gasteiger partial charge in [0.1, 0.15) is 0 Å². The number of hydrogen-bond acceptors (Lipinski definition) is 8. The summed E-state index contributed by atoms with van der Waals surface area (Å²) in [5.74, 6) is 0. The average molecular weight is 214 g/mol. The Balaban J connectivity index is -0.0000000278. The predicted octanol–water partition coefficient (Wildman–Crippen LogP) is 0.796. The molecule has 0 aromatic carbocycles. The average Bonchev–Trinajstić information content (AvgIpc) is 2.09. The molecule has 0 saturated heterocycles. The second kappa shape index (κ2) is 232. The molecule has 0 aromatic heterocycles. The maximum atomic E-state index is 8.35. The Morgan fingerprint density at radius 1 is 0.800 bits per heavy atom. The first kappa shape index (κ1) is 29.5. The van der Waals surface area contributed by atoms with Crippen LogP contribution in [-0.2, 0) is 19.2 Å². The fourth-order valence-corrected chi connectivity index (χ4v) is 0. The van der Waals surface area contributed by atoms with Crippen LogP contribution in [0.2, 0.25) is 0 Å². The van der Waals surface area contributed by atoms with E-state index in [4.69, 9.17) is 40.8 Å². The summed E-state index contributed by atoms with van der Waals surface area (Å²) in [7, 11) is 0. The van der Waals surface area contributed by atoms with Crippen molar-refractivity contribution >= 4 is 24.3 Å². The number of carbonyl (C=O) groups excluding carboxylic acids is 4. The normalized spacial score (nSPS) is 3.00. The van der Waals surface area contributed by atoms with Gasteiger partial charge in [0, 0.05) is 0 Å². The molecule has 0 aliphatic rings. The zero-order valence-corrected chi connectivity index (χ0v) is 7.92. The van der Waals surface area contributed by atoms with Crippen molar-refractivity contribution in [2.24, 2.45) is 0 Å². The lowest BCUT2D eigenvalue weighted by Crippen LogP contribution is -1.16. The molecule has 8 nitrogen and oxygen atoms in total. The summed E-state index contributed by atoms with van der Waals surface area (Å²) >= 11 is 0. The van der Waals surface area contributed by atoms with Crippen molar-refractivity contribution in [1.82, 2.24) is 0 Å². The van der Waals surface area contributed by atoms with Gasteiger partial charge in [-0.2, -0.15) is 0 Å². The van der Waals surface area contributed by atoms with Gasteiger partial charge >= 0.3 is 0 Å². The summed E-state index contributed by atoms with van der Waals surface area (Å²) in [6.45, 7) is 5.25. The minimum atomic E-state index is 0.750. The van der Waals surface area contributed by atoms with E-state index in [2.05, 4.69) is 6.58 Å². The summed E-state index contributed by atoms with van der Waals surface area (Å²) in [6, 6.07) is 0. The van der Waals surface area contributed by atoms with Gasteiger partial charge in [-0.25, -0.2) is 40.8 Å². The third-order valence-corrected chi connectivity index (χ3v) is 0. The lowest BCUT2D eigenvalue weighted by molar-refractivity contribution is 0.562. The van der Waals surface area contributed by atoms with Crippen LogP contribution in [0.4, 0.5) is 0 Å². The van der Waals surface area contributed by atoms with Crippen LogP contribution in [0.15, 0.2) is 12.7 Å². The van der Waals surface area contributed by atoms with E-state index in [9.17, 15) is 0 Å². The summed E-state index contributed by atoms with van der Waals surface area (Å²) in [5, 5.41) is 21.6. The summed E-state index contributed by atoms with van der Waals surface area (Å²) in [5.41, 5.74) is 0. The first-order chi connectivity index (χ1) is 7.07. The Morgan fingerprint density at radius 3 is 0.800 bits per heavy atom. The number of nitrogens with one attached hydrogen (secondary N) is 4. The molecular formula is C7H10N4O4. The SMILES string of the molecule is C=CC.N=C=O.N=C=O.N=C=O.N=C=O. The Labute approximate surface area is 85.7 Å². The van der Waals surface area contributed by atoms with Gasteiger partial charge in [-0.1, -0.05) is 6.08 Å². The smallest absolute Gasteiger partial charge is 0.222 e. The van der Waals surface area contributed by atoms with Crippen molar-refractivity contribution in [3.05, 3.63) is 12.7 Å². The van der Waals surface area contributed by atoms with Crippen molar-refractivity contribution in [3.8, 4) is 0 Å². The first-order valence-electron chi connectivity index (χ1n) is 2.80. The molecular weight excluding hydrogens is 204 g/mol. The van der Waals surface area contributed by atoms with Crippen LogP contribution >= 0.6 is 0 Å². The van der Waals surface area contributed by atoms with Gasteiger partial charge in [0.2, 0.25) is 24.3 Å². The van der Waals surface area contributed by atoms with E-state index in [0.717, 1.165) is 24.3 Å². The van der Waals surface area contributed by atoms with Crippen LogP contribution in [-0.4, -0.2) is 24.3 Å². The number of allylic oxidation sites excluding steroid dienone is 1. The van der Waals surface area contributed by atoms with Crippen LogP contribution in [0.25, 0.3) is 0 Å². The predicted molar refractivity (Wildman–Crippen MR) is 49.5 cm³/mol. The second-order valence-corrected chi connectivity index (χ2v) is 0.816. The first-order valence-corrected chi connectivity index (χ1v) is 2.80. The third-order valence-electron chi connectivity index (χ3n) is 0. The zero-order valence-electron chi connectivity index (χ0n) is 7.92. The minimum absolute atomic E-state index is 0.750. The lowest BCUT2D eigenvalue weighted by Gasteiger charge is -1.31. The van der Waals surface area contributed by atoms with E-state index < -0.39 is 0 Å². The fraction of sp³-hybridized carbons (Fsp3) is 0.143. The monoisotopic (exact) mass is 214 g/mol. The zero-order chi connectivity index (χ0) is 13.5. The molecule has 0 unspecified atom stereocenters. The van der Waals surface area contributed by atoms with Crippen LogP contribution in [0.5, 0.6) is 0 Å². The molecule has 82 valence electrons. The number of isocyanates is 4. The van der Waals surface area contributed by atoms with E-state index in [1.807, 2.05) is 6.92 Å². The van der Waals surface area contributed by atoms with Gasteiger partial charge in [0.05, 0.1) is 0 Å². The van der Waals surface area contributed by atoms with Crippen LogP contribution in [0, 0.1) is 21.6 Å². The molecule has 4 N–H and O–H groups in total. The summed E-state index contributed by atoms with van der Waals surface area (Å²) in [6.07, 6.45) is 4.75. The number of rotatable bonds is 0. The van der Waals surface area contributed by atoms with Crippen molar-refractivity contribution in [2.75, 3.05) is 0 Å². The standard InChI is InChI=1S/C3H6.4CHNO/c1-3-2;4*2-1-3/h3H,1H2,2H3;4*2H. The van der Waals surface area contributed by atoms with Gasteiger partial charge in [-0.3, -0.25) is 0 Å². The molecule has 0 radical (unpaired) electrons. The molecule has 0 rings (SSSR count). The molecule has 0 spiro atoms. The molecule has 8 heteroatoms. The highest BCUT2D eigenvalue weighted by molar-refractivity contribution is 5.26. The molecule has 0 heterocycles. The molecule has 0 amide bonds. The van der Waals surface area contributed by atoms with Gasteiger partial charge < -0.3 is 0 Å². The Morgan fingerprint density at radius 2 is 0.800 bits per heavy atom.